The quantitative estimate of drug-likeness (QED) is 0.183. The third-order valence-electron chi connectivity index (χ3n) is 5.25. The Bertz CT molecular complexity index is 582. The van der Waals surface area contributed by atoms with Crippen molar-refractivity contribution in [2.24, 2.45) is 0 Å². The molecule has 0 atom stereocenters. The van der Waals surface area contributed by atoms with Crippen LogP contribution >= 0.6 is 0 Å². The zero-order valence-electron chi connectivity index (χ0n) is 19.3. The molecule has 170 valence electrons. The van der Waals surface area contributed by atoms with Crippen LogP contribution in [0.5, 0.6) is 0 Å². The Balaban J connectivity index is 2.04. The standard InChI is InChI=1S/C26H42O4/c1-3-5-6-7-8-9-10-11-12-13-14-15-16-21-30-26(28)24-19-17-18-23(22-24)25(27)29-20-4-2/h17-19,22H,3-16,20-21H2,1-2H3. The summed E-state index contributed by atoms with van der Waals surface area (Å²) >= 11 is 0. The molecule has 0 fully saturated rings. The van der Waals surface area contributed by atoms with Crippen molar-refractivity contribution in [1.82, 2.24) is 0 Å². The van der Waals surface area contributed by atoms with Crippen LogP contribution in [0.3, 0.4) is 0 Å². The second-order valence-electron chi connectivity index (χ2n) is 8.10. The third kappa shape index (κ3) is 12.7. The van der Waals surface area contributed by atoms with Crippen LogP contribution in [-0.2, 0) is 9.47 Å². The molecule has 0 spiro atoms. The predicted octanol–water partition coefficient (Wildman–Crippen LogP) is 7.50. The molecular weight excluding hydrogens is 376 g/mol. The van der Waals surface area contributed by atoms with Crippen molar-refractivity contribution in [3.05, 3.63) is 35.4 Å². The number of hydrogen-bond acceptors (Lipinski definition) is 4. The lowest BCUT2D eigenvalue weighted by atomic mass is 10.0. The third-order valence-corrected chi connectivity index (χ3v) is 5.25. The summed E-state index contributed by atoms with van der Waals surface area (Å²) in [6.07, 6.45) is 17.5. The molecule has 0 aliphatic rings. The zero-order valence-corrected chi connectivity index (χ0v) is 19.3. The number of ether oxygens (including phenoxy) is 2. The van der Waals surface area contributed by atoms with Crippen LogP contribution in [-0.4, -0.2) is 25.2 Å². The fourth-order valence-corrected chi connectivity index (χ4v) is 3.42. The van der Waals surface area contributed by atoms with Crippen LogP contribution in [0, 0.1) is 0 Å². The van der Waals surface area contributed by atoms with E-state index in [1.54, 1.807) is 24.3 Å². The maximum Gasteiger partial charge on any atom is 0.338 e. The largest absolute Gasteiger partial charge is 0.462 e. The Morgan fingerprint density at radius 2 is 1.03 bits per heavy atom. The average Bonchev–Trinajstić information content (AvgIpc) is 2.77. The fraction of sp³-hybridized carbons (Fsp3) is 0.692. The van der Waals surface area contributed by atoms with Gasteiger partial charge < -0.3 is 9.47 Å². The molecule has 0 saturated carbocycles. The van der Waals surface area contributed by atoms with Crippen LogP contribution < -0.4 is 0 Å². The molecule has 0 radical (unpaired) electrons. The number of benzene rings is 1. The van der Waals surface area contributed by atoms with E-state index < -0.39 is 5.97 Å². The average molecular weight is 419 g/mol. The van der Waals surface area contributed by atoms with E-state index in [-0.39, 0.29) is 5.97 Å². The Labute approximate surface area is 183 Å². The predicted molar refractivity (Wildman–Crippen MR) is 123 cm³/mol. The van der Waals surface area contributed by atoms with Crippen molar-refractivity contribution >= 4 is 11.9 Å². The molecule has 4 nitrogen and oxygen atoms in total. The van der Waals surface area contributed by atoms with Gasteiger partial charge in [-0.05, 0) is 31.0 Å². The van der Waals surface area contributed by atoms with E-state index in [1.165, 1.54) is 70.6 Å². The van der Waals surface area contributed by atoms with Gasteiger partial charge in [-0.2, -0.15) is 0 Å². The molecule has 30 heavy (non-hydrogen) atoms. The van der Waals surface area contributed by atoms with E-state index in [2.05, 4.69) is 6.92 Å². The molecular formula is C26H42O4. The summed E-state index contributed by atoms with van der Waals surface area (Å²) in [4.78, 5) is 24.1. The van der Waals surface area contributed by atoms with Crippen LogP contribution in [0.2, 0.25) is 0 Å². The van der Waals surface area contributed by atoms with Crippen molar-refractivity contribution in [2.75, 3.05) is 13.2 Å². The van der Waals surface area contributed by atoms with Crippen molar-refractivity contribution in [3.8, 4) is 0 Å². The van der Waals surface area contributed by atoms with Gasteiger partial charge in [0.1, 0.15) is 0 Å². The summed E-state index contributed by atoms with van der Waals surface area (Å²) < 4.78 is 10.5. The monoisotopic (exact) mass is 418 g/mol. The lowest BCUT2D eigenvalue weighted by molar-refractivity contribution is 0.0497. The van der Waals surface area contributed by atoms with Gasteiger partial charge in [0.2, 0.25) is 0 Å². The number of esters is 2. The minimum atomic E-state index is -0.400. The highest BCUT2D eigenvalue weighted by atomic mass is 16.5. The molecule has 1 rings (SSSR count). The molecule has 0 N–H and O–H groups in total. The molecule has 0 bridgehead atoms. The van der Waals surface area contributed by atoms with E-state index in [0.717, 1.165) is 19.3 Å². The van der Waals surface area contributed by atoms with Gasteiger partial charge in [-0.1, -0.05) is 97.0 Å². The van der Waals surface area contributed by atoms with E-state index in [4.69, 9.17) is 9.47 Å². The van der Waals surface area contributed by atoms with Gasteiger partial charge in [-0.25, -0.2) is 9.59 Å². The second-order valence-corrected chi connectivity index (χ2v) is 8.10. The van der Waals surface area contributed by atoms with Gasteiger partial charge in [0.05, 0.1) is 24.3 Å². The summed E-state index contributed by atoms with van der Waals surface area (Å²) in [7, 11) is 0. The summed E-state index contributed by atoms with van der Waals surface area (Å²) in [6.45, 7) is 5.02. The van der Waals surface area contributed by atoms with Crippen LogP contribution in [0.1, 0.15) is 124 Å². The summed E-state index contributed by atoms with van der Waals surface area (Å²) in [6, 6.07) is 6.55. The highest BCUT2D eigenvalue weighted by Gasteiger charge is 2.12. The molecule has 0 aliphatic carbocycles. The number of rotatable bonds is 18. The first kappa shape index (κ1) is 26.2. The van der Waals surface area contributed by atoms with Gasteiger partial charge in [-0.3, -0.25) is 0 Å². The lowest BCUT2D eigenvalue weighted by Crippen LogP contribution is -2.10. The van der Waals surface area contributed by atoms with Gasteiger partial charge >= 0.3 is 11.9 Å². The number of unbranched alkanes of at least 4 members (excludes halogenated alkanes) is 12. The first-order valence-corrected chi connectivity index (χ1v) is 12.1. The molecule has 1 aromatic rings. The Kier molecular flexibility index (Phi) is 15.7. The number of carbonyl (C=O) groups excluding carboxylic acids is 2. The minimum Gasteiger partial charge on any atom is -0.462 e. The van der Waals surface area contributed by atoms with Crippen LogP contribution in [0.4, 0.5) is 0 Å². The maximum atomic E-state index is 12.2. The second kappa shape index (κ2) is 18.0. The van der Waals surface area contributed by atoms with Crippen molar-refractivity contribution < 1.29 is 19.1 Å². The van der Waals surface area contributed by atoms with Crippen LogP contribution in [0.25, 0.3) is 0 Å². The molecule has 0 saturated heterocycles. The first-order chi connectivity index (χ1) is 14.7. The van der Waals surface area contributed by atoms with Gasteiger partial charge in [0, 0.05) is 0 Å². The van der Waals surface area contributed by atoms with E-state index in [1.807, 2.05) is 6.92 Å². The van der Waals surface area contributed by atoms with E-state index in [0.29, 0.717) is 24.3 Å². The van der Waals surface area contributed by atoms with Gasteiger partial charge in [0.25, 0.3) is 0 Å². The van der Waals surface area contributed by atoms with E-state index in [9.17, 15) is 9.59 Å². The first-order valence-electron chi connectivity index (χ1n) is 12.1. The minimum absolute atomic E-state index is 0.376. The van der Waals surface area contributed by atoms with Crippen LogP contribution in [0.15, 0.2) is 24.3 Å². The number of hydrogen-bond donors (Lipinski definition) is 0. The maximum absolute atomic E-state index is 12.2. The SMILES string of the molecule is CCCCCCCCCCCCCCCOC(=O)c1cccc(C(=O)OCCC)c1. The zero-order chi connectivity index (χ0) is 21.9. The molecule has 0 aliphatic heterocycles. The molecule has 0 heterocycles. The smallest absolute Gasteiger partial charge is 0.338 e. The topological polar surface area (TPSA) is 52.6 Å². The molecule has 0 aromatic heterocycles. The molecule has 0 unspecified atom stereocenters. The fourth-order valence-electron chi connectivity index (χ4n) is 3.42. The Hall–Kier alpha value is -1.84. The lowest BCUT2D eigenvalue weighted by Gasteiger charge is -2.07. The normalized spacial score (nSPS) is 10.7. The van der Waals surface area contributed by atoms with Crippen molar-refractivity contribution in [1.29, 1.82) is 0 Å². The molecule has 4 heteroatoms. The highest BCUT2D eigenvalue weighted by Crippen LogP contribution is 2.13. The summed E-state index contributed by atoms with van der Waals surface area (Å²) in [5.74, 6) is -0.776. The van der Waals surface area contributed by atoms with E-state index >= 15 is 0 Å². The Morgan fingerprint density at radius 1 is 0.600 bits per heavy atom. The van der Waals surface area contributed by atoms with Gasteiger partial charge in [0.15, 0.2) is 0 Å². The van der Waals surface area contributed by atoms with Gasteiger partial charge in [-0.15, -0.1) is 0 Å². The highest BCUT2D eigenvalue weighted by molar-refractivity contribution is 5.95. The van der Waals surface area contributed by atoms with Crippen molar-refractivity contribution in [2.45, 2.75) is 104 Å². The summed E-state index contributed by atoms with van der Waals surface area (Å²) in [5.41, 5.74) is 0.787. The Morgan fingerprint density at radius 3 is 1.50 bits per heavy atom. The number of carbonyl (C=O) groups is 2. The molecule has 0 amide bonds. The summed E-state index contributed by atoms with van der Waals surface area (Å²) in [5, 5.41) is 0. The van der Waals surface area contributed by atoms with Crippen molar-refractivity contribution in [3.63, 3.8) is 0 Å². The molecule has 1 aromatic carbocycles.